The van der Waals surface area contributed by atoms with Crippen molar-refractivity contribution >= 4 is 0 Å². The predicted octanol–water partition coefficient (Wildman–Crippen LogP) is 2.30. The molecule has 2 rings (SSSR count). The lowest BCUT2D eigenvalue weighted by Gasteiger charge is -2.43. The minimum atomic E-state index is -0.287. The average molecular weight is 279 g/mol. The van der Waals surface area contributed by atoms with Gasteiger partial charge in [0.1, 0.15) is 5.54 Å². The highest BCUT2D eigenvalue weighted by molar-refractivity contribution is 5.13. The fourth-order valence-corrected chi connectivity index (χ4v) is 3.47. The fraction of sp³-hybridized carbons (Fsp3) is 0.938. The summed E-state index contributed by atoms with van der Waals surface area (Å²) in [5.74, 6) is 0. The zero-order valence-corrected chi connectivity index (χ0v) is 13.2. The summed E-state index contributed by atoms with van der Waals surface area (Å²) < 4.78 is 5.24. The molecule has 0 aromatic heterocycles. The fourth-order valence-electron chi connectivity index (χ4n) is 3.47. The quantitative estimate of drug-likeness (QED) is 0.777. The molecule has 0 aromatic rings. The van der Waals surface area contributed by atoms with E-state index < -0.39 is 0 Å². The molecule has 0 heterocycles. The summed E-state index contributed by atoms with van der Waals surface area (Å²) in [5.41, 5.74) is -0.287. The van der Waals surface area contributed by atoms with Crippen molar-refractivity contribution in [3.8, 4) is 6.07 Å². The molecule has 4 heteroatoms. The molecule has 114 valence electrons. The molecule has 20 heavy (non-hydrogen) atoms. The Morgan fingerprint density at radius 2 is 2.15 bits per heavy atom. The van der Waals surface area contributed by atoms with E-state index in [9.17, 15) is 5.26 Å². The normalized spacial score (nSPS) is 30.7. The second-order valence-electron chi connectivity index (χ2n) is 6.69. The van der Waals surface area contributed by atoms with Gasteiger partial charge in [-0.3, -0.25) is 10.2 Å². The predicted molar refractivity (Wildman–Crippen MR) is 80.5 cm³/mol. The Bertz CT molecular complexity index is 348. The highest BCUT2D eigenvalue weighted by Crippen LogP contribution is 2.34. The van der Waals surface area contributed by atoms with Crippen LogP contribution in [0.4, 0.5) is 0 Å². The van der Waals surface area contributed by atoms with Crippen LogP contribution in [0.15, 0.2) is 0 Å². The van der Waals surface area contributed by atoms with Gasteiger partial charge < -0.3 is 4.74 Å². The summed E-state index contributed by atoms with van der Waals surface area (Å²) in [5, 5.41) is 13.3. The third-order valence-electron chi connectivity index (χ3n) is 4.68. The van der Waals surface area contributed by atoms with E-state index in [0.717, 1.165) is 32.4 Å². The number of hydrogen-bond acceptors (Lipinski definition) is 4. The molecule has 0 spiro atoms. The molecule has 0 aliphatic heterocycles. The van der Waals surface area contributed by atoms with Crippen LogP contribution in [0.25, 0.3) is 0 Å². The first-order valence-corrected chi connectivity index (χ1v) is 8.04. The first-order valence-electron chi connectivity index (χ1n) is 8.04. The number of rotatable bonds is 7. The Morgan fingerprint density at radius 1 is 1.40 bits per heavy atom. The molecule has 1 N–H and O–H groups in total. The van der Waals surface area contributed by atoms with Crippen LogP contribution in [0.3, 0.4) is 0 Å². The van der Waals surface area contributed by atoms with Crippen LogP contribution in [0, 0.1) is 11.3 Å². The Kier molecular flexibility index (Phi) is 5.42. The number of nitrogens with zero attached hydrogens (tertiary/aromatic N) is 2. The minimum Gasteiger partial charge on any atom is -0.383 e. The van der Waals surface area contributed by atoms with Gasteiger partial charge in [-0.15, -0.1) is 0 Å². The lowest BCUT2D eigenvalue weighted by atomic mass is 9.79. The van der Waals surface area contributed by atoms with Gasteiger partial charge in [-0.1, -0.05) is 0 Å². The molecule has 2 atom stereocenters. The van der Waals surface area contributed by atoms with E-state index >= 15 is 0 Å². The molecule has 4 nitrogen and oxygen atoms in total. The zero-order chi connectivity index (χ0) is 14.6. The van der Waals surface area contributed by atoms with Crippen molar-refractivity contribution in [3.05, 3.63) is 0 Å². The number of methoxy groups -OCH3 is 1. The van der Waals surface area contributed by atoms with Crippen molar-refractivity contribution in [1.29, 1.82) is 5.26 Å². The summed E-state index contributed by atoms with van der Waals surface area (Å²) in [4.78, 5) is 2.52. The molecule has 2 aliphatic carbocycles. The maximum absolute atomic E-state index is 9.68. The summed E-state index contributed by atoms with van der Waals surface area (Å²) in [6.45, 7) is 6.22. The van der Waals surface area contributed by atoms with Crippen molar-refractivity contribution < 1.29 is 4.74 Å². The Hall–Kier alpha value is -0.630. The number of hydrogen-bond donors (Lipinski definition) is 1. The molecule has 2 saturated carbocycles. The highest BCUT2D eigenvalue weighted by atomic mass is 16.5. The third kappa shape index (κ3) is 3.94. The van der Waals surface area contributed by atoms with Gasteiger partial charge in [0.15, 0.2) is 0 Å². The van der Waals surface area contributed by atoms with E-state index in [1.807, 2.05) is 0 Å². The molecule has 0 radical (unpaired) electrons. The van der Waals surface area contributed by atoms with Gasteiger partial charge in [0, 0.05) is 31.8 Å². The van der Waals surface area contributed by atoms with Crippen molar-refractivity contribution in [1.82, 2.24) is 10.2 Å². The van der Waals surface area contributed by atoms with Crippen molar-refractivity contribution in [2.24, 2.45) is 0 Å². The second kappa shape index (κ2) is 6.89. The van der Waals surface area contributed by atoms with Crippen LogP contribution in [0.1, 0.15) is 52.4 Å². The van der Waals surface area contributed by atoms with Crippen molar-refractivity contribution in [3.63, 3.8) is 0 Å². The van der Waals surface area contributed by atoms with Gasteiger partial charge in [-0.2, -0.15) is 5.26 Å². The largest absolute Gasteiger partial charge is 0.383 e. The van der Waals surface area contributed by atoms with E-state index in [1.165, 1.54) is 19.3 Å². The Morgan fingerprint density at radius 3 is 2.70 bits per heavy atom. The van der Waals surface area contributed by atoms with Crippen LogP contribution in [-0.2, 0) is 4.74 Å². The molecule has 2 aliphatic rings. The standard InChI is InChI=1S/C16H29N3O/c1-13(2)19(9-10-20-3)15-5-4-8-16(11-15,12-17)18-14-6-7-14/h13-15,18H,4-11H2,1-3H3. The molecule has 2 fully saturated rings. The molecular formula is C16H29N3O. The maximum atomic E-state index is 9.68. The zero-order valence-electron chi connectivity index (χ0n) is 13.2. The van der Waals surface area contributed by atoms with Gasteiger partial charge in [-0.05, 0) is 52.4 Å². The number of nitriles is 1. The van der Waals surface area contributed by atoms with Crippen molar-refractivity contribution in [2.45, 2.75) is 76.0 Å². The van der Waals surface area contributed by atoms with Crippen LogP contribution in [0.2, 0.25) is 0 Å². The minimum absolute atomic E-state index is 0.287. The summed E-state index contributed by atoms with van der Waals surface area (Å²) >= 11 is 0. The van der Waals surface area contributed by atoms with E-state index in [-0.39, 0.29) is 5.54 Å². The maximum Gasteiger partial charge on any atom is 0.108 e. The van der Waals surface area contributed by atoms with Gasteiger partial charge in [0.05, 0.1) is 12.7 Å². The second-order valence-corrected chi connectivity index (χ2v) is 6.69. The van der Waals surface area contributed by atoms with Gasteiger partial charge >= 0.3 is 0 Å². The van der Waals surface area contributed by atoms with Crippen LogP contribution in [0.5, 0.6) is 0 Å². The SMILES string of the molecule is COCCN(C(C)C)C1CCCC(C#N)(NC2CC2)C1. The van der Waals surface area contributed by atoms with Crippen LogP contribution in [-0.4, -0.2) is 48.8 Å². The van der Waals surface area contributed by atoms with Crippen molar-refractivity contribution in [2.75, 3.05) is 20.3 Å². The van der Waals surface area contributed by atoms with Gasteiger partial charge in [0.25, 0.3) is 0 Å². The Balaban J connectivity index is 2.01. The smallest absolute Gasteiger partial charge is 0.108 e. The average Bonchev–Trinajstić information content (AvgIpc) is 3.23. The molecule has 0 bridgehead atoms. The third-order valence-corrected chi connectivity index (χ3v) is 4.68. The van der Waals surface area contributed by atoms with E-state index in [0.29, 0.717) is 18.1 Å². The summed E-state index contributed by atoms with van der Waals surface area (Å²) in [6.07, 6.45) is 6.80. The first kappa shape index (κ1) is 15.8. The number of nitrogens with one attached hydrogen (secondary N) is 1. The molecule has 0 aromatic carbocycles. The van der Waals surface area contributed by atoms with E-state index in [2.05, 4.69) is 30.1 Å². The van der Waals surface area contributed by atoms with Gasteiger partial charge in [-0.25, -0.2) is 0 Å². The molecule has 0 amide bonds. The van der Waals surface area contributed by atoms with Crippen LogP contribution >= 0.6 is 0 Å². The molecular weight excluding hydrogens is 250 g/mol. The lowest BCUT2D eigenvalue weighted by Crippen LogP contribution is -2.55. The number of ether oxygens (including phenoxy) is 1. The first-order chi connectivity index (χ1) is 9.60. The van der Waals surface area contributed by atoms with Gasteiger partial charge in [0.2, 0.25) is 0 Å². The Labute approximate surface area is 123 Å². The van der Waals surface area contributed by atoms with E-state index in [4.69, 9.17) is 4.74 Å². The summed E-state index contributed by atoms with van der Waals surface area (Å²) in [6, 6.07) is 4.21. The monoisotopic (exact) mass is 279 g/mol. The molecule has 0 saturated heterocycles. The van der Waals surface area contributed by atoms with E-state index in [1.54, 1.807) is 7.11 Å². The lowest BCUT2D eigenvalue weighted by molar-refractivity contribution is 0.0616. The van der Waals surface area contributed by atoms with Crippen LogP contribution < -0.4 is 5.32 Å². The highest BCUT2D eigenvalue weighted by Gasteiger charge is 2.42. The summed E-state index contributed by atoms with van der Waals surface area (Å²) in [7, 11) is 1.76. The molecule has 2 unspecified atom stereocenters. The topological polar surface area (TPSA) is 48.3 Å².